The van der Waals surface area contributed by atoms with Crippen molar-refractivity contribution in [3.05, 3.63) is 59.0 Å². The second-order valence-electron chi connectivity index (χ2n) is 9.21. The molecular weight excluding hydrogens is 520 g/mol. The van der Waals surface area contributed by atoms with Gasteiger partial charge in [-0.15, -0.1) is 22.7 Å². The Morgan fingerprint density at radius 3 is 2.47 bits per heavy atom. The number of imide groups is 1. The first-order chi connectivity index (χ1) is 18.2. The van der Waals surface area contributed by atoms with E-state index in [0.717, 1.165) is 41.8 Å². The summed E-state index contributed by atoms with van der Waals surface area (Å²) in [6.07, 6.45) is 1.73. The van der Waals surface area contributed by atoms with E-state index < -0.39 is 11.8 Å². The van der Waals surface area contributed by atoms with Crippen molar-refractivity contribution in [1.82, 2.24) is 19.9 Å². The van der Waals surface area contributed by atoms with Crippen molar-refractivity contribution < 1.29 is 14.4 Å². The third-order valence-corrected chi connectivity index (χ3v) is 8.17. The van der Waals surface area contributed by atoms with Crippen LogP contribution in [0.25, 0.3) is 31.4 Å². The van der Waals surface area contributed by atoms with Gasteiger partial charge in [0.25, 0.3) is 11.8 Å². The van der Waals surface area contributed by atoms with Gasteiger partial charge >= 0.3 is 0 Å². The number of aryl methyl sites for hydroxylation is 1. The van der Waals surface area contributed by atoms with Gasteiger partial charge in [-0.05, 0) is 62.6 Å². The fourth-order valence-corrected chi connectivity index (χ4v) is 5.91. The monoisotopic (exact) mass is 546 g/mol. The Hall–Kier alpha value is -3.93. The number of hydrogen-bond donors (Lipinski definition) is 2. The number of carbonyl (C=O) groups excluding carboxylic acids is 3. The van der Waals surface area contributed by atoms with E-state index in [-0.39, 0.29) is 5.91 Å². The molecule has 4 heterocycles. The molecule has 5 rings (SSSR count). The number of hydrogen-bond acceptors (Lipinski definition) is 9. The average molecular weight is 547 g/mol. The highest BCUT2D eigenvalue weighted by Crippen LogP contribution is 2.41. The minimum absolute atomic E-state index is 0.0349. The number of amides is 3. The SMILES string of the molecule is CC1=CC(=O)N(Nc2nc(-c3cccs3)nc3sc(-c4ccc(NC(=O)CCN(C)C)cc4)c(C)c23)C1=O. The van der Waals surface area contributed by atoms with Crippen molar-refractivity contribution in [2.75, 3.05) is 31.4 Å². The van der Waals surface area contributed by atoms with Crippen LogP contribution in [-0.2, 0) is 14.4 Å². The summed E-state index contributed by atoms with van der Waals surface area (Å²) in [7, 11) is 3.87. The predicted molar refractivity (Wildman–Crippen MR) is 152 cm³/mol. The number of fused-ring (bicyclic) bond motifs is 1. The molecule has 0 saturated carbocycles. The van der Waals surface area contributed by atoms with Crippen molar-refractivity contribution in [2.24, 2.45) is 0 Å². The fourth-order valence-electron chi connectivity index (χ4n) is 4.06. The Morgan fingerprint density at radius 1 is 1.08 bits per heavy atom. The Balaban J connectivity index is 1.50. The normalized spacial score (nSPS) is 13.5. The first-order valence-electron chi connectivity index (χ1n) is 11.9. The number of benzene rings is 1. The zero-order valence-corrected chi connectivity index (χ0v) is 23.0. The summed E-state index contributed by atoms with van der Waals surface area (Å²) < 4.78 is 0. The first kappa shape index (κ1) is 25.7. The highest BCUT2D eigenvalue weighted by molar-refractivity contribution is 7.22. The number of rotatable bonds is 8. The number of carbonyl (C=O) groups is 3. The van der Waals surface area contributed by atoms with Gasteiger partial charge in [0, 0.05) is 35.2 Å². The van der Waals surface area contributed by atoms with E-state index in [0.29, 0.717) is 30.2 Å². The highest BCUT2D eigenvalue weighted by Gasteiger charge is 2.30. The van der Waals surface area contributed by atoms with E-state index >= 15 is 0 Å². The molecule has 0 spiro atoms. The van der Waals surface area contributed by atoms with Crippen LogP contribution in [0, 0.1) is 6.92 Å². The molecule has 4 aromatic rings. The van der Waals surface area contributed by atoms with Crippen molar-refractivity contribution in [3.63, 3.8) is 0 Å². The molecular formula is C27H26N6O3S2. The van der Waals surface area contributed by atoms with Crippen LogP contribution in [0.2, 0.25) is 0 Å². The summed E-state index contributed by atoms with van der Waals surface area (Å²) in [4.78, 5) is 51.3. The van der Waals surface area contributed by atoms with Crippen molar-refractivity contribution >= 4 is 62.1 Å². The van der Waals surface area contributed by atoms with Crippen LogP contribution < -0.4 is 10.7 Å². The van der Waals surface area contributed by atoms with Gasteiger partial charge in [-0.25, -0.2) is 9.97 Å². The molecule has 38 heavy (non-hydrogen) atoms. The maximum Gasteiger partial charge on any atom is 0.275 e. The van der Waals surface area contributed by atoms with Crippen LogP contribution in [0.4, 0.5) is 11.5 Å². The molecule has 0 radical (unpaired) electrons. The zero-order chi connectivity index (χ0) is 27.0. The number of thiophene rings is 2. The second kappa shape index (κ2) is 10.4. The van der Waals surface area contributed by atoms with Crippen LogP contribution in [0.5, 0.6) is 0 Å². The van der Waals surface area contributed by atoms with E-state index in [1.165, 1.54) is 28.7 Å². The molecule has 2 N–H and O–H groups in total. The molecule has 0 aliphatic carbocycles. The summed E-state index contributed by atoms with van der Waals surface area (Å²) in [5.41, 5.74) is 5.95. The Morgan fingerprint density at radius 2 is 1.84 bits per heavy atom. The van der Waals surface area contributed by atoms with Crippen LogP contribution in [0.1, 0.15) is 18.9 Å². The topological polar surface area (TPSA) is 108 Å². The quantitative estimate of drug-likeness (QED) is 0.302. The third-order valence-electron chi connectivity index (χ3n) is 6.07. The zero-order valence-electron chi connectivity index (χ0n) is 21.4. The minimum atomic E-state index is -0.437. The van der Waals surface area contributed by atoms with Gasteiger partial charge in [-0.3, -0.25) is 19.8 Å². The predicted octanol–water partition coefficient (Wildman–Crippen LogP) is 4.93. The van der Waals surface area contributed by atoms with Crippen LogP contribution in [0.15, 0.2) is 53.4 Å². The van der Waals surface area contributed by atoms with Gasteiger partial charge in [0.15, 0.2) is 11.6 Å². The molecule has 9 nitrogen and oxygen atoms in total. The van der Waals surface area contributed by atoms with Crippen molar-refractivity contribution in [3.8, 4) is 21.1 Å². The molecule has 1 aliphatic heterocycles. The third kappa shape index (κ3) is 5.08. The number of hydrazine groups is 1. The van der Waals surface area contributed by atoms with Gasteiger partial charge in [0.1, 0.15) is 4.83 Å². The van der Waals surface area contributed by atoms with E-state index in [4.69, 9.17) is 9.97 Å². The van der Waals surface area contributed by atoms with Gasteiger partial charge in [-0.2, -0.15) is 5.01 Å². The van der Waals surface area contributed by atoms with Gasteiger partial charge in [0.2, 0.25) is 5.91 Å². The maximum absolute atomic E-state index is 12.6. The summed E-state index contributed by atoms with van der Waals surface area (Å²) in [6.45, 7) is 4.26. The lowest BCUT2D eigenvalue weighted by Crippen LogP contribution is -2.36. The fraction of sp³-hybridized carbons (Fsp3) is 0.222. The van der Waals surface area contributed by atoms with Crippen LogP contribution in [-0.4, -0.2) is 58.2 Å². The van der Waals surface area contributed by atoms with E-state index in [2.05, 4.69) is 10.7 Å². The average Bonchev–Trinajstić information content (AvgIpc) is 3.59. The number of aromatic nitrogens is 2. The molecule has 11 heteroatoms. The molecule has 3 aromatic heterocycles. The second-order valence-corrected chi connectivity index (χ2v) is 11.2. The lowest BCUT2D eigenvalue weighted by atomic mass is 10.1. The summed E-state index contributed by atoms with van der Waals surface area (Å²) >= 11 is 3.03. The van der Waals surface area contributed by atoms with E-state index in [1.54, 1.807) is 6.92 Å². The summed E-state index contributed by atoms with van der Waals surface area (Å²) in [6, 6.07) is 11.5. The first-order valence-corrected chi connectivity index (χ1v) is 13.6. The van der Waals surface area contributed by atoms with Crippen molar-refractivity contribution in [1.29, 1.82) is 0 Å². The van der Waals surface area contributed by atoms with Gasteiger partial charge in [0.05, 0.1) is 10.3 Å². The largest absolute Gasteiger partial charge is 0.326 e. The lowest BCUT2D eigenvalue weighted by Gasteiger charge is -2.17. The lowest BCUT2D eigenvalue weighted by molar-refractivity contribution is -0.135. The standard InChI is InChI=1S/C27H26N6O3S2/c1-15-14-21(35)33(27(15)36)31-25-22-16(2)23(38-26(22)30-24(29-25)19-6-5-13-37-19)17-7-9-18(10-8-17)28-20(34)11-12-32(3)4/h5-10,13-14H,11-12H2,1-4H3,(H,28,34)(H,29,30,31). The molecule has 0 unspecified atom stereocenters. The van der Waals surface area contributed by atoms with Crippen LogP contribution in [0.3, 0.4) is 0 Å². The molecule has 1 aromatic carbocycles. The Labute approximate surface area is 227 Å². The summed E-state index contributed by atoms with van der Waals surface area (Å²) in [5.74, 6) is 0.0340. The van der Waals surface area contributed by atoms with Crippen LogP contribution >= 0.6 is 22.7 Å². The molecule has 0 atom stereocenters. The molecule has 0 fully saturated rings. The number of anilines is 2. The highest BCUT2D eigenvalue weighted by atomic mass is 32.1. The van der Waals surface area contributed by atoms with Gasteiger partial charge < -0.3 is 10.2 Å². The minimum Gasteiger partial charge on any atom is -0.326 e. The molecule has 3 amide bonds. The molecule has 0 bridgehead atoms. The van der Waals surface area contributed by atoms with Crippen molar-refractivity contribution in [2.45, 2.75) is 20.3 Å². The molecule has 194 valence electrons. The summed E-state index contributed by atoms with van der Waals surface area (Å²) in [5, 5.41) is 6.61. The smallest absolute Gasteiger partial charge is 0.275 e. The number of nitrogens with zero attached hydrogens (tertiary/aromatic N) is 4. The van der Waals surface area contributed by atoms with E-state index in [9.17, 15) is 14.4 Å². The molecule has 1 aliphatic rings. The Bertz CT molecular complexity index is 1570. The van der Waals surface area contributed by atoms with E-state index in [1.807, 2.05) is 67.7 Å². The Kier molecular flexibility index (Phi) is 7.06. The van der Waals surface area contributed by atoms with Gasteiger partial charge in [-0.1, -0.05) is 18.2 Å². The number of nitrogens with one attached hydrogen (secondary N) is 2. The molecule has 0 saturated heterocycles. The maximum atomic E-state index is 12.6.